The van der Waals surface area contributed by atoms with E-state index in [2.05, 4.69) is 10.3 Å². The number of pyridine rings is 1. The summed E-state index contributed by atoms with van der Waals surface area (Å²) in [5.41, 5.74) is 3.48. The number of carbonyl (C=O) groups excluding carboxylic acids is 1. The Bertz CT molecular complexity index is 874. The molecule has 0 unspecified atom stereocenters. The van der Waals surface area contributed by atoms with E-state index < -0.39 is 0 Å². The van der Waals surface area contributed by atoms with Crippen LogP contribution in [0.4, 0.5) is 5.69 Å². The van der Waals surface area contributed by atoms with Crippen molar-refractivity contribution in [1.82, 2.24) is 9.88 Å². The Labute approximate surface area is 139 Å². The van der Waals surface area contributed by atoms with Crippen molar-refractivity contribution >= 4 is 11.6 Å². The quantitative estimate of drug-likeness (QED) is 0.795. The third-order valence-corrected chi connectivity index (χ3v) is 4.24. The molecule has 0 spiro atoms. The van der Waals surface area contributed by atoms with Crippen molar-refractivity contribution in [2.45, 2.75) is 19.6 Å². The molecule has 3 heterocycles. The summed E-state index contributed by atoms with van der Waals surface area (Å²) in [6.07, 6.45) is 3.01. The van der Waals surface area contributed by atoms with Crippen molar-refractivity contribution in [2.75, 3.05) is 5.32 Å². The summed E-state index contributed by atoms with van der Waals surface area (Å²) in [4.78, 5) is 19.0. The maximum Gasteiger partial charge on any atom is 0.258 e. The number of hydrogen-bond donors (Lipinski definition) is 1. The van der Waals surface area contributed by atoms with Gasteiger partial charge in [0.1, 0.15) is 11.9 Å². The van der Waals surface area contributed by atoms with Gasteiger partial charge < -0.3 is 14.6 Å². The van der Waals surface area contributed by atoms with Crippen molar-refractivity contribution in [3.8, 4) is 0 Å². The Kier molecular flexibility index (Phi) is 3.54. The molecule has 1 N–H and O–H groups in total. The number of aryl methyl sites for hydroxylation is 1. The average Bonchev–Trinajstić information content (AvgIpc) is 3.20. The molecule has 1 aliphatic heterocycles. The molecule has 0 saturated carbocycles. The van der Waals surface area contributed by atoms with Gasteiger partial charge in [-0.2, -0.15) is 0 Å². The third-order valence-electron chi connectivity index (χ3n) is 4.24. The smallest absolute Gasteiger partial charge is 0.258 e. The molecule has 1 aromatic carbocycles. The highest BCUT2D eigenvalue weighted by Crippen LogP contribution is 2.34. The minimum absolute atomic E-state index is 0.0411. The van der Waals surface area contributed by atoms with Crippen molar-refractivity contribution in [3.63, 3.8) is 0 Å². The maximum absolute atomic E-state index is 12.8. The minimum atomic E-state index is -0.320. The van der Waals surface area contributed by atoms with Crippen LogP contribution >= 0.6 is 0 Å². The standard InChI is InChI=1S/C19H17N3O2/c1-13-6-2-3-9-16(13)21-18-17-15(8-4-10-20-17)19(23)22(18)12-14-7-5-11-24-14/h2-11,18,21H,12H2,1H3/t18-/m0/s1. The largest absolute Gasteiger partial charge is 0.467 e. The topological polar surface area (TPSA) is 58.4 Å². The second kappa shape index (κ2) is 5.85. The number of fused-ring (bicyclic) bond motifs is 1. The predicted octanol–water partition coefficient (Wildman–Crippen LogP) is 3.75. The molecular weight excluding hydrogens is 302 g/mol. The van der Waals surface area contributed by atoms with Gasteiger partial charge in [0.2, 0.25) is 0 Å². The van der Waals surface area contributed by atoms with E-state index in [1.54, 1.807) is 23.4 Å². The monoisotopic (exact) mass is 319 g/mol. The Morgan fingerprint density at radius 2 is 2.04 bits per heavy atom. The summed E-state index contributed by atoms with van der Waals surface area (Å²) in [6, 6.07) is 15.3. The SMILES string of the molecule is Cc1ccccc1N[C@@H]1c2ncccc2C(=O)N1Cc1ccco1. The lowest BCUT2D eigenvalue weighted by atomic mass is 10.1. The Morgan fingerprint density at radius 1 is 1.17 bits per heavy atom. The Balaban J connectivity index is 1.72. The number of nitrogens with zero attached hydrogens (tertiary/aromatic N) is 2. The van der Waals surface area contributed by atoms with Crippen molar-refractivity contribution in [3.05, 3.63) is 83.6 Å². The molecule has 0 aliphatic carbocycles. The lowest BCUT2D eigenvalue weighted by molar-refractivity contribution is 0.0714. The number of nitrogens with one attached hydrogen (secondary N) is 1. The number of hydrogen-bond acceptors (Lipinski definition) is 4. The van der Waals surface area contributed by atoms with Gasteiger partial charge in [0.25, 0.3) is 5.91 Å². The van der Waals surface area contributed by atoms with Gasteiger partial charge in [-0.25, -0.2) is 0 Å². The Morgan fingerprint density at radius 3 is 2.83 bits per heavy atom. The molecule has 5 heteroatoms. The van der Waals surface area contributed by atoms with Crippen molar-refractivity contribution in [1.29, 1.82) is 0 Å². The number of amides is 1. The molecule has 24 heavy (non-hydrogen) atoms. The summed E-state index contributed by atoms with van der Waals surface area (Å²) in [5, 5.41) is 3.46. The molecule has 0 saturated heterocycles. The van der Waals surface area contributed by atoms with Crippen LogP contribution in [0.5, 0.6) is 0 Å². The van der Waals surface area contributed by atoms with Crippen LogP contribution in [0.1, 0.15) is 33.5 Å². The van der Waals surface area contributed by atoms with Crippen molar-refractivity contribution in [2.24, 2.45) is 0 Å². The number of para-hydroxylation sites is 1. The highest BCUT2D eigenvalue weighted by Gasteiger charge is 2.38. The number of aromatic nitrogens is 1. The van der Waals surface area contributed by atoms with Gasteiger partial charge in [0.15, 0.2) is 0 Å². The number of rotatable bonds is 4. The normalized spacial score (nSPS) is 16.3. The molecule has 4 rings (SSSR count). The van der Waals surface area contributed by atoms with Gasteiger partial charge in [-0.1, -0.05) is 18.2 Å². The number of carbonyl (C=O) groups is 1. The van der Waals surface area contributed by atoms with Gasteiger partial charge in [-0.3, -0.25) is 9.78 Å². The predicted molar refractivity (Wildman–Crippen MR) is 90.4 cm³/mol. The average molecular weight is 319 g/mol. The molecule has 120 valence electrons. The summed E-state index contributed by atoms with van der Waals surface area (Å²) < 4.78 is 5.42. The molecule has 1 aliphatic rings. The summed E-state index contributed by atoms with van der Waals surface area (Å²) in [7, 11) is 0. The van der Waals surface area contributed by atoms with Gasteiger partial charge in [-0.15, -0.1) is 0 Å². The van der Waals surface area contributed by atoms with Crippen LogP contribution in [0.15, 0.2) is 65.4 Å². The molecule has 5 nitrogen and oxygen atoms in total. The molecule has 1 atom stereocenters. The lowest BCUT2D eigenvalue weighted by Gasteiger charge is -2.26. The zero-order chi connectivity index (χ0) is 16.5. The first-order chi connectivity index (χ1) is 11.7. The first kappa shape index (κ1) is 14.5. The number of anilines is 1. The van der Waals surface area contributed by atoms with Crippen LogP contribution in [0.2, 0.25) is 0 Å². The first-order valence-electron chi connectivity index (χ1n) is 7.84. The molecule has 0 bridgehead atoms. The van der Waals surface area contributed by atoms with Crippen LogP contribution in [0.3, 0.4) is 0 Å². The van der Waals surface area contributed by atoms with E-state index in [-0.39, 0.29) is 12.1 Å². The van der Waals surface area contributed by atoms with Crippen LogP contribution in [-0.2, 0) is 6.54 Å². The molecule has 1 amide bonds. The van der Waals surface area contributed by atoms with E-state index in [0.717, 1.165) is 22.7 Å². The Hall–Kier alpha value is -3.08. The summed E-state index contributed by atoms with van der Waals surface area (Å²) >= 11 is 0. The molecule has 0 radical (unpaired) electrons. The van der Waals surface area contributed by atoms with E-state index in [9.17, 15) is 4.79 Å². The second-order valence-electron chi connectivity index (χ2n) is 5.81. The van der Waals surface area contributed by atoms with E-state index in [1.165, 1.54) is 0 Å². The minimum Gasteiger partial charge on any atom is -0.467 e. The van der Waals surface area contributed by atoms with E-state index >= 15 is 0 Å². The molecule has 0 fully saturated rings. The summed E-state index contributed by atoms with van der Waals surface area (Å²) in [6.45, 7) is 2.43. The highest BCUT2D eigenvalue weighted by molar-refractivity contribution is 5.98. The van der Waals surface area contributed by atoms with Crippen LogP contribution in [0, 0.1) is 6.92 Å². The fraction of sp³-hybridized carbons (Fsp3) is 0.158. The van der Waals surface area contributed by atoms with Crippen LogP contribution < -0.4 is 5.32 Å². The van der Waals surface area contributed by atoms with Gasteiger partial charge in [-0.05, 0) is 42.8 Å². The number of furan rings is 1. The van der Waals surface area contributed by atoms with E-state index in [0.29, 0.717) is 12.1 Å². The van der Waals surface area contributed by atoms with Gasteiger partial charge in [0, 0.05) is 11.9 Å². The first-order valence-corrected chi connectivity index (χ1v) is 7.84. The van der Waals surface area contributed by atoms with Crippen LogP contribution in [-0.4, -0.2) is 15.8 Å². The summed E-state index contributed by atoms with van der Waals surface area (Å²) in [5.74, 6) is 0.702. The molecular formula is C19H17N3O2. The third kappa shape index (κ3) is 2.44. The fourth-order valence-electron chi connectivity index (χ4n) is 3.00. The molecule has 2 aromatic heterocycles. The highest BCUT2D eigenvalue weighted by atomic mass is 16.3. The maximum atomic E-state index is 12.8. The zero-order valence-corrected chi connectivity index (χ0v) is 13.3. The van der Waals surface area contributed by atoms with E-state index in [1.807, 2.05) is 49.4 Å². The van der Waals surface area contributed by atoms with E-state index in [4.69, 9.17) is 4.42 Å². The zero-order valence-electron chi connectivity index (χ0n) is 13.3. The van der Waals surface area contributed by atoms with Crippen molar-refractivity contribution < 1.29 is 9.21 Å². The second-order valence-corrected chi connectivity index (χ2v) is 5.81. The van der Waals surface area contributed by atoms with Gasteiger partial charge >= 0.3 is 0 Å². The lowest BCUT2D eigenvalue weighted by Crippen LogP contribution is -2.32. The molecule has 3 aromatic rings. The fourth-order valence-corrected chi connectivity index (χ4v) is 3.00. The number of benzene rings is 1. The van der Waals surface area contributed by atoms with Crippen LogP contribution in [0.25, 0.3) is 0 Å². The van der Waals surface area contributed by atoms with Gasteiger partial charge in [0.05, 0.1) is 24.1 Å².